The van der Waals surface area contributed by atoms with Crippen molar-refractivity contribution in [1.29, 1.82) is 0 Å². The molecule has 1 aliphatic heterocycles. The van der Waals surface area contributed by atoms with E-state index in [4.69, 9.17) is 4.74 Å². The number of nitrogens with zero attached hydrogens (tertiary/aromatic N) is 3. The van der Waals surface area contributed by atoms with Gasteiger partial charge in [0.15, 0.2) is 0 Å². The second kappa shape index (κ2) is 9.15. The lowest BCUT2D eigenvalue weighted by atomic mass is 9.74. The number of carbonyl (C=O) groups is 2. The first-order valence-electron chi connectivity index (χ1n) is 9.61. The summed E-state index contributed by atoms with van der Waals surface area (Å²) in [5.41, 5.74) is 3.11. The Kier molecular flexibility index (Phi) is 6.61. The molecule has 2 aromatic rings. The number of hydrogen-bond acceptors (Lipinski definition) is 5. The van der Waals surface area contributed by atoms with E-state index in [-0.39, 0.29) is 43.0 Å². The van der Waals surface area contributed by atoms with E-state index in [1.807, 2.05) is 42.6 Å². The number of carbonyl (C=O) groups excluding carboxylic acids is 2. The van der Waals surface area contributed by atoms with E-state index in [0.29, 0.717) is 6.54 Å². The van der Waals surface area contributed by atoms with E-state index in [0.717, 1.165) is 16.7 Å². The molecule has 0 saturated carbocycles. The molecule has 1 saturated heterocycles. The molecule has 0 radical (unpaired) electrons. The van der Waals surface area contributed by atoms with Crippen molar-refractivity contribution in [2.24, 2.45) is 0 Å². The number of ether oxygens (including phenoxy) is 1. The molecule has 1 aromatic carbocycles. The fourth-order valence-electron chi connectivity index (χ4n) is 4.11. The van der Waals surface area contributed by atoms with Crippen molar-refractivity contribution in [3.05, 3.63) is 54.4 Å². The van der Waals surface area contributed by atoms with Crippen molar-refractivity contribution in [2.45, 2.75) is 24.9 Å². The lowest BCUT2D eigenvalue weighted by Crippen LogP contribution is -2.68. The van der Waals surface area contributed by atoms with Gasteiger partial charge < -0.3 is 19.6 Å². The lowest BCUT2D eigenvalue weighted by Gasteiger charge is -2.55. The zero-order valence-electron chi connectivity index (χ0n) is 17.0. The first-order valence-corrected chi connectivity index (χ1v) is 9.61. The number of aromatic nitrogens is 1. The number of likely N-dealkylation sites (N-methyl/N-ethyl adjacent to an activating group) is 1. The first kappa shape index (κ1) is 21.0. The van der Waals surface area contributed by atoms with Crippen molar-refractivity contribution < 1.29 is 19.4 Å². The van der Waals surface area contributed by atoms with Crippen LogP contribution in [-0.2, 0) is 14.3 Å². The molecule has 0 spiro atoms. The third-order valence-corrected chi connectivity index (χ3v) is 5.54. The fourth-order valence-corrected chi connectivity index (χ4v) is 4.11. The van der Waals surface area contributed by atoms with Gasteiger partial charge in [-0.05, 0) is 22.8 Å². The van der Waals surface area contributed by atoms with Crippen molar-refractivity contribution in [3.8, 4) is 11.1 Å². The summed E-state index contributed by atoms with van der Waals surface area (Å²) in [6.45, 7) is 1.75. The summed E-state index contributed by atoms with van der Waals surface area (Å²) < 4.78 is 4.92. The standard InChI is InChI=1S/C22H27N3O4/c1-15(27)25-19(12-24(2)21(28)14-29-3)22(20(25)13-26)17-8-6-16(7-9-17)18-5-4-10-23-11-18/h4-11,19-20,22,26H,12-14H2,1-3H3/t19-,20+,22-/m1/s1. The minimum Gasteiger partial charge on any atom is -0.394 e. The van der Waals surface area contributed by atoms with Gasteiger partial charge in [-0.25, -0.2) is 0 Å². The Morgan fingerprint density at radius 3 is 2.45 bits per heavy atom. The number of rotatable bonds is 7. The molecule has 3 rings (SSSR count). The Morgan fingerprint density at radius 1 is 1.17 bits per heavy atom. The van der Waals surface area contributed by atoms with E-state index in [1.54, 1.807) is 23.0 Å². The molecule has 154 valence electrons. The maximum Gasteiger partial charge on any atom is 0.248 e. The number of aliphatic hydroxyl groups is 1. The quantitative estimate of drug-likeness (QED) is 0.766. The summed E-state index contributed by atoms with van der Waals surface area (Å²) >= 11 is 0. The number of benzene rings is 1. The SMILES string of the molecule is COCC(=O)N(C)C[C@@H]1[C@@H](c2ccc(-c3cccnc3)cc2)[C@H](CO)N1C(C)=O. The number of likely N-dealkylation sites (tertiary alicyclic amines) is 1. The molecule has 7 heteroatoms. The zero-order valence-corrected chi connectivity index (χ0v) is 17.0. The second-order valence-electron chi connectivity index (χ2n) is 7.34. The predicted octanol–water partition coefficient (Wildman–Crippen LogP) is 1.53. The maximum absolute atomic E-state index is 12.2. The predicted molar refractivity (Wildman–Crippen MR) is 109 cm³/mol. The van der Waals surface area contributed by atoms with Crippen molar-refractivity contribution >= 4 is 11.8 Å². The summed E-state index contributed by atoms with van der Waals surface area (Å²) in [6, 6.07) is 11.5. The number of pyridine rings is 1. The van der Waals surface area contributed by atoms with Crippen LogP contribution in [-0.4, -0.2) is 77.7 Å². The van der Waals surface area contributed by atoms with Crippen LogP contribution in [0.3, 0.4) is 0 Å². The first-order chi connectivity index (χ1) is 14.0. The zero-order chi connectivity index (χ0) is 21.0. The Balaban J connectivity index is 1.84. The van der Waals surface area contributed by atoms with Crippen LogP contribution in [0.25, 0.3) is 11.1 Å². The lowest BCUT2D eigenvalue weighted by molar-refractivity contribution is -0.152. The fraction of sp³-hybridized carbons (Fsp3) is 0.409. The minimum absolute atomic E-state index is 0.00278. The topological polar surface area (TPSA) is 83.0 Å². The number of aliphatic hydroxyl groups excluding tert-OH is 1. The summed E-state index contributed by atoms with van der Waals surface area (Å²) in [4.78, 5) is 31.7. The van der Waals surface area contributed by atoms with Crippen LogP contribution in [0.1, 0.15) is 18.4 Å². The molecule has 1 N–H and O–H groups in total. The van der Waals surface area contributed by atoms with Crippen LogP contribution in [0.2, 0.25) is 0 Å². The van der Waals surface area contributed by atoms with Crippen LogP contribution in [0.5, 0.6) is 0 Å². The van der Waals surface area contributed by atoms with E-state index in [1.165, 1.54) is 14.0 Å². The van der Waals surface area contributed by atoms with Gasteiger partial charge in [0.05, 0.1) is 18.7 Å². The number of hydrogen-bond donors (Lipinski definition) is 1. The minimum atomic E-state index is -0.298. The van der Waals surface area contributed by atoms with Gasteiger partial charge in [-0.3, -0.25) is 14.6 Å². The summed E-state index contributed by atoms with van der Waals surface area (Å²) in [7, 11) is 3.18. The Labute approximate surface area is 170 Å². The van der Waals surface area contributed by atoms with Gasteiger partial charge in [-0.1, -0.05) is 30.3 Å². The van der Waals surface area contributed by atoms with Gasteiger partial charge in [-0.2, -0.15) is 0 Å². The molecule has 1 aliphatic rings. The highest BCUT2D eigenvalue weighted by Crippen LogP contribution is 2.41. The van der Waals surface area contributed by atoms with Gasteiger partial charge in [-0.15, -0.1) is 0 Å². The summed E-state index contributed by atoms with van der Waals surface area (Å²) in [5, 5.41) is 9.91. The Hall–Kier alpha value is -2.77. The second-order valence-corrected chi connectivity index (χ2v) is 7.34. The molecule has 1 aromatic heterocycles. The van der Waals surface area contributed by atoms with Crippen LogP contribution < -0.4 is 0 Å². The van der Waals surface area contributed by atoms with E-state index < -0.39 is 0 Å². The van der Waals surface area contributed by atoms with E-state index >= 15 is 0 Å². The number of amides is 2. The average Bonchev–Trinajstić information content (AvgIpc) is 2.71. The van der Waals surface area contributed by atoms with E-state index in [2.05, 4.69) is 4.98 Å². The molecule has 7 nitrogen and oxygen atoms in total. The molecule has 0 bridgehead atoms. The van der Waals surface area contributed by atoms with Gasteiger partial charge in [0.2, 0.25) is 11.8 Å². The smallest absolute Gasteiger partial charge is 0.248 e. The largest absolute Gasteiger partial charge is 0.394 e. The van der Waals surface area contributed by atoms with E-state index in [9.17, 15) is 14.7 Å². The van der Waals surface area contributed by atoms with Crippen LogP contribution in [0.4, 0.5) is 0 Å². The van der Waals surface area contributed by atoms with Gasteiger partial charge in [0.1, 0.15) is 6.61 Å². The molecule has 3 atom stereocenters. The monoisotopic (exact) mass is 397 g/mol. The third-order valence-electron chi connectivity index (χ3n) is 5.54. The van der Waals surface area contributed by atoms with Gasteiger partial charge >= 0.3 is 0 Å². The van der Waals surface area contributed by atoms with Crippen molar-refractivity contribution in [2.75, 3.05) is 33.9 Å². The average molecular weight is 397 g/mol. The maximum atomic E-state index is 12.2. The van der Waals surface area contributed by atoms with Crippen LogP contribution in [0.15, 0.2) is 48.8 Å². The van der Waals surface area contributed by atoms with Gasteiger partial charge in [0, 0.05) is 45.9 Å². The van der Waals surface area contributed by atoms with Crippen molar-refractivity contribution in [3.63, 3.8) is 0 Å². The highest BCUT2D eigenvalue weighted by Gasteiger charge is 2.50. The highest BCUT2D eigenvalue weighted by molar-refractivity contribution is 5.78. The highest BCUT2D eigenvalue weighted by atomic mass is 16.5. The molecular weight excluding hydrogens is 370 g/mol. The van der Waals surface area contributed by atoms with Crippen LogP contribution >= 0.6 is 0 Å². The summed E-state index contributed by atoms with van der Waals surface area (Å²) in [5.74, 6) is -0.302. The number of methoxy groups -OCH3 is 1. The van der Waals surface area contributed by atoms with Crippen molar-refractivity contribution in [1.82, 2.24) is 14.8 Å². The summed E-state index contributed by atoms with van der Waals surface area (Å²) in [6.07, 6.45) is 3.55. The molecule has 1 fully saturated rings. The molecule has 2 amide bonds. The third kappa shape index (κ3) is 4.31. The Bertz CT molecular complexity index is 841. The normalized spacial score (nSPS) is 20.8. The van der Waals surface area contributed by atoms with Crippen LogP contribution in [0, 0.1) is 0 Å². The molecule has 0 aliphatic carbocycles. The Morgan fingerprint density at radius 2 is 1.90 bits per heavy atom. The molecular formula is C22H27N3O4. The molecule has 0 unspecified atom stereocenters. The van der Waals surface area contributed by atoms with Gasteiger partial charge in [0.25, 0.3) is 0 Å². The molecule has 2 heterocycles. The molecule has 29 heavy (non-hydrogen) atoms.